The van der Waals surface area contributed by atoms with Crippen LogP contribution in [0.1, 0.15) is 46.3 Å². The van der Waals surface area contributed by atoms with Gasteiger partial charge in [-0.1, -0.05) is 15.9 Å². The third kappa shape index (κ3) is 2.30. The monoisotopic (exact) mass is 396 g/mol. The smallest absolute Gasteiger partial charge is 0.356 e. The van der Waals surface area contributed by atoms with E-state index in [4.69, 9.17) is 4.98 Å². The van der Waals surface area contributed by atoms with Gasteiger partial charge in [0.1, 0.15) is 12.2 Å². The molecule has 3 aromatic rings. The first-order valence-corrected chi connectivity index (χ1v) is 8.86. The fourth-order valence-corrected chi connectivity index (χ4v) is 3.70. The van der Waals surface area contributed by atoms with Gasteiger partial charge in [-0.15, -0.1) is 0 Å². The van der Waals surface area contributed by atoms with Crippen LogP contribution < -0.4 is 0 Å². The van der Waals surface area contributed by atoms with Crippen molar-refractivity contribution in [2.24, 2.45) is 0 Å². The van der Waals surface area contributed by atoms with Crippen LogP contribution in [0.2, 0.25) is 0 Å². The molecule has 2 aliphatic rings. The van der Waals surface area contributed by atoms with Gasteiger partial charge >= 0.3 is 5.97 Å². The Bertz CT molecular complexity index is 1040. The van der Waals surface area contributed by atoms with Gasteiger partial charge in [0.05, 0.1) is 17.1 Å². The van der Waals surface area contributed by atoms with Crippen LogP contribution in [0.3, 0.4) is 0 Å². The first-order chi connectivity index (χ1) is 12.1. The summed E-state index contributed by atoms with van der Waals surface area (Å²) in [5.41, 5.74) is 4.38. The Balaban J connectivity index is 1.81. The maximum atomic E-state index is 11.6. The number of imidazole rings is 1. The molecule has 1 saturated carbocycles. The molecular formula is C18H13BrN4O2. The second-order valence-electron chi connectivity index (χ2n) is 6.43. The zero-order chi connectivity index (χ0) is 17.1. The van der Waals surface area contributed by atoms with Crippen molar-refractivity contribution < 1.29 is 9.90 Å². The molecule has 0 atom stereocenters. The molecule has 0 amide bonds. The minimum absolute atomic E-state index is 0.0768. The lowest BCUT2D eigenvalue weighted by molar-refractivity contribution is 0.0690. The van der Waals surface area contributed by atoms with Gasteiger partial charge in [0.25, 0.3) is 0 Å². The highest BCUT2D eigenvalue weighted by Crippen LogP contribution is 2.41. The van der Waals surface area contributed by atoms with E-state index in [2.05, 4.69) is 25.9 Å². The van der Waals surface area contributed by atoms with Crippen LogP contribution >= 0.6 is 15.9 Å². The topological polar surface area (TPSA) is 80.9 Å². The molecule has 0 radical (unpaired) electrons. The van der Waals surface area contributed by atoms with E-state index in [9.17, 15) is 9.90 Å². The summed E-state index contributed by atoms with van der Waals surface area (Å²) < 4.78 is 2.80. The summed E-state index contributed by atoms with van der Waals surface area (Å²) in [4.78, 5) is 25.0. The summed E-state index contributed by atoms with van der Waals surface area (Å²) in [5, 5.41) is 9.47. The lowest BCUT2D eigenvalue weighted by atomic mass is 10.0. The molecule has 0 bridgehead atoms. The highest BCUT2D eigenvalue weighted by atomic mass is 79.9. The molecule has 6 nitrogen and oxygen atoms in total. The molecule has 1 aliphatic carbocycles. The third-order valence-corrected chi connectivity index (χ3v) is 5.22. The van der Waals surface area contributed by atoms with E-state index in [1.165, 1.54) is 0 Å². The van der Waals surface area contributed by atoms with Gasteiger partial charge in [-0.3, -0.25) is 0 Å². The molecule has 0 unspecified atom stereocenters. The minimum atomic E-state index is -1.02. The number of nitrogens with zero attached hydrogens (tertiary/aromatic N) is 4. The summed E-state index contributed by atoms with van der Waals surface area (Å²) in [6, 6.07) is 5.93. The third-order valence-electron chi connectivity index (χ3n) is 4.73. The maximum absolute atomic E-state index is 11.6. The Morgan fingerprint density at radius 3 is 2.88 bits per heavy atom. The summed E-state index contributed by atoms with van der Waals surface area (Å²) in [5.74, 6) is 0.318. The van der Waals surface area contributed by atoms with Crippen molar-refractivity contribution >= 4 is 21.9 Å². The molecule has 7 heteroatoms. The van der Waals surface area contributed by atoms with E-state index in [1.807, 2.05) is 29.0 Å². The normalized spacial score (nSPS) is 15.1. The number of aromatic nitrogens is 4. The highest BCUT2D eigenvalue weighted by Gasteiger charge is 2.30. The average molecular weight is 397 g/mol. The SMILES string of the molecule is O=C(O)c1ncn2c1Cc1cnc(C3CC3)nc1-c1cc(Br)ccc1-2. The number of carboxylic acid groups (broad SMARTS) is 1. The van der Waals surface area contributed by atoms with Crippen LogP contribution in [0.25, 0.3) is 16.9 Å². The van der Waals surface area contributed by atoms with Crippen LogP contribution in [0.5, 0.6) is 0 Å². The largest absolute Gasteiger partial charge is 0.476 e. The van der Waals surface area contributed by atoms with Crippen molar-refractivity contribution in [1.29, 1.82) is 0 Å². The van der Waals surface area contributed by atoms with Crippen LogP contribution in [-0.4, -0.2) is 30.6 Å². The molecule has 25 heavy (non-hydrogen) atoms. The molecule has 2 aromatic heterocycles. The molecule has 124 valence electrons. The Hall–Kier alpha value is -2.54. The standard InChI is InChI=1S/C18H13BrN4O2/c19-11-3-4-13-12(6-11)15-10(7-20-17(22-15)9-1-2-9)5-14-16(18(24)25)21-8-23(13)14/h3-4,6-9H,1-2,5H2,(H,24,25). The van der Waals surface area contributed by atoms with Crippen molar-refractivity contribution in [3.05, 3.63) is 58.0 Å². The Morgan fingerprint density at radius 2 is 2.12 bits per heavy atom. The molecule has 1 aliphatic heterocycles. The second kappa shape index (κ2) is 5.23. The van der Waals surface area contributed by atoms with Gasteiger partial charge in [-0.2, -0.15) is 0 Å². The molecule has 0 saturated heterocycles. The molecule has 3 heterocycles. The number of rotatable bonds is 2. The number of benzene rings is 1. The van der Waals surface area contributed by atoms with Gasteiger partial charge in [0.2, 0.25) is 0 Å². The number of carbonyl (C=O) groups is 1. The average Bonchev–Trinajstić information content (AvgIpc) is 3.37. The van der Waals surface area contributed by atoms with Gasteiger partial charge in [-0.25, -0.2) is 19.7 Å². The molecule has 1 fully saturated rings. The van der Waals surface area contributed by atoms with Gasteiger partial charge in [0, 0.05) is 34.1 Å². The van der Waals surface area contributed by atoms with E-state index < -0.39 is 5.97 Å². The van der Waals surface area contributed by atoms with Gasteiger partial charge in [-0.05, 0) is 31.0 Å². The van der Waals surface area contributed by atoms with Crippen LogP contribution in [0, 0.1) is 0 Å². The van der Waals surface area contributed by atoms with Crippen LogP contribution in [0.15, 0.2) is 35.2 Å². The Kier molecular flexibility index (Phi) is 3.09. The highest BCUT2D eigenvalue weighted by molar-refractivity contribution is 9.10. The first-order valence-electron chi connectivity index (χ1n) is 8.07. The number of halogens is 1. The van der Waals surface area contributed by atoms with Crippen molar-refractivity contribution in [3.8, 4) is 16.9 Å². The second-order valence-corrected chi connectivity index (χ2v) is 7.35. The predicted molar refractivity (Wildman–Crippen MR) is 94.0 cm³/mol. The Morgan fingerprint density at radius 1 is 1.28 bits per heavy atom. The molecule has 5 rings (SSSR count). The first kappa shape index (κ1) is 14.8. The quantitative estimate of drug-likeness (QED) is 0.559. The van der Waals surface area contributed by atoms with Crippen molar-refractivity contribution in [2.75, 3.05) is 0 Å². The molecule has 1 aromatic carbocycles. The van der Waals surface area contributed by atoms with Crippen LogP contribution in [0.4, 0.5) is 0 Å². The summed E-state index contributed by atoms with van der Waals surface area (Å²) in [6.07, 6.45) is 6.13. The number of aromatic carboxylic acids is 1. The number of hydrogen-bond acceptors (Lipinski definition) is 4. The summed E-state index contributed by atoms with van der Waals surface area (Å²) in [7, 11) is 0. The fourth-order valence-electron chi connectivity index (χ4n) is 3.34. The number of hydrogen-bond donors (Lipinski definition) is 1. The lowest BCUT2D eigenvalue weighted by Gasteiger charge is -2.11. The summed E-state index contributed by atoms with van der Waals surface area (Å²) >= 11 is 3.53. The van der Waals surface area contributed by atoms with E-state index in [0.29, 0.717) is 18.0 Å². The lowest BCUT2D eigenvalue weighted by Crippen LogP contribution is -2.06. The van der Waals surface area contributed by atoms with E-state index in [-0.39, 0.29) is 5.69 Å². The zero-order valence-corrected chi connectivity index (χ0v) is 14.7. The maximum Gasteiger partial charge on any atom is 0.356 e. The van der Waals surface area contributed by atoms with Crippen molar-refractivity contribution in [1.82, 2.24) is 19.5 Å². The van der Waals surface area contributed by atoms with Crippen LogP contribution in [-0.2, 0) is 6.42 Å². The predicted octanol–water partition coefficient (Wildman–Crippen LogP) is 3.57. The van der Waals surface area contributed by atoms with Crippen molar-refractivity contribution in [2.45, 2.75) is 25.2 Å². The van der Waals surface area contributed by atoms with E-state index >= 15 is 0 Å². The van der Waals surface area contributed by atoms with E-state index in [1.54, 1.807) is 6.33 Å². The molecule has 1 N–H and O–H groups in total. The minimum Gasteiger partial charge on any atom is -0.476 e. The molecule has 0 spiro atoms. The number of carboxylic acids is 1. The number of fused-ring (bicyclic) bond motifs is 5. The Labute approximate surface area is 151 Å². The van der Waals surface area contributed by atoms with E-state index in [0.717, 1.165) is 45.6 Å². The summed E-state index contributed by atoms with van der Waals surface area (Å²) in [6.45, 7) is 0. The van der Waals surface area contributed by atoms with Gasteiger partial charge < -0.3 is 9.67 Å². The van der Waals surface area contributed by atoms with Gasteiger partial charge in [0.15, 0.2) is 5.69 Å². The fraction of sp³-hybridized carbons (Fsp3) is 0.222. The van der Waals surface area contributed by atoms with Crippen molar-refractivity contribution in [3.63, 3.8) is 0 Å². The molecular weight excluding hydrogens is 384 g/mol. The zero-order valence-electron chi connectivity index (χ0n) is 13.1.